The van der Waals surface area contributed by atoms with Gasteiger partial charge in [-0.25, -0.2) is 0 Å². The lowest BCUT2D eigenvalue weighted by atomic mass is 9.83. The van der Waals surface area contributed by atoms with Crippen LogP contribution in [0.5, 0.6) is 0 Å². The molecular weight excluding hydrogens is 270 g/mol. The van der Waals surface area contributed by atoms with Crippen molar-refractivity contribution in [3.05, 3.63) is 29.3 Å². The summed E-state index contributed by atoms with van der Waals surface area (Å²) in [6, 6.07) is 7.62. The summed E-state index contributed by atoms with van der Waals surface area (Å²) in [7, 11) is 0. The predicted molar refractivity (Wildman–Crippen MR) is 72.1 cm³/mol. The van der Waals surface area contributed by atoms with Gasteiger partial charge in [-0.2, -0.15) is 0 Å². The van der Waals surface area contributed by atoms with Gasteiger partial charge in [0.25, 0.3) is 0 Å². The summed E-state index contributed by atoms with van der Waals surface area (Å²) < 4.78 is 5.22. The number of amides is 1. The molecule has 1 spiro atoms. The van der Waals surface area contributed by atoms with Crippen molar-refractivity contribution >= 4 is 29.3 Å². The molecule has 0 radical (unpaired) electrons. The number of ether oxygens (including phenoxy) is 1. The second-order valence-electron chi connectivity index (χ2n) is 4.73. The normalized spacial score (nSPS) is 20.4. The number of carbonyl (C=O) groups is 1. The van der Waals surface area contributed by atoms with Gasteiger partial charge in [-0.3, -0.25) is 4.79 Å². The molecule has 2 heterocycles. The highest BCUT2D eigenvalue weighted by Crippen LogP contribution is 2.38. The van der Waals surface area contributed by atoms with Crippen LogP contribution in [0, 0.1) is 0 Å². The SMILES string of the molecule is O=C(CSc1ccccc1Cl)N1CCC12COC2. The van der Waals surface area contributed by atoms with Crippen LogP contribution in [0.3, 0.4) is 0 Å². The van der Waals surface area contributed by atoms with E-state index in [1.54, 1.807) is 0 Å². The molecule has 3 nitrogen and oxygen atoms in total. The van der Waals surface area contributed by atoms with Crippen LogP contribution in [0.1, 0.15) is 6.42 Å². The molecule has 0 aliphatic carbocycles. The summed E-state index contributed by atoms with van der Waals surface area (Å²) >= 11 is 7.57. The molecule has 2 aliphatic heterocycles. The Bertz CT molecular complexity index is 470. The first-order chi connectivity index (χ1) is 8.71. The molecule has 3 rings (SSSR count). The number of nitrogens with zero attached hydrogens (tertiary/aromatic N) is 1. The summed E-state index contributed by atoms with van der Waals surface area (Å²) in [5.41, 5.74) is 0.0398. The Balaban J connectivity index is 1.57. The van der Waals surface area contributed by atoms with Gasteiger partial charge in [0.2, 0.25) is 5.91 Å². The van der Waals surface area contributed by atoms with Crippen molar-refractivity contribution in [2.45, 2.75) is 16.9 Å². The lowest BCUT2D eigenvalue weighted by Crippen LogP contribution is -2.72. The zero-order valence-electron chi connectivity index (χ0n) is 9.89. The quantitative estimate of drug-likeness (QED) is 0.798. The molecule has 96 valence electrons. The maximum atomic E-state index is 12.1. The summed E-state index contributed by atoms with van der Waals surface area (Å²) in [5.74, 6) is 0.639. The minimum Gasteiger partial charge on any atom is -0.376 e. The van der Waals surface area contributed by atoms with E-state index in [-0.39, 0.29) is 11.4 Å². The molecule has 2 saturated heterocycles. The van der Waals surface area contributed by atoms with Crippen LogP contribution in [-0.4, -0.2) is 41.9 Å². The van der Waals surface area contributed by atoms with E-state index in [1.165, 1.54) is 11.8 Å². The molecule has 1 amide bonds. The van der Waals surface area contributed by atoms with Crippen molar-refractivity contribution < 1.29 is 9.53 Å². The number of hydrogen-bond acceptors (Lipinski definition) is 3. The van der Waals surface area contributed by atoms with Crippen LogP contribution in [-0.2, 0) is 9.53 Å². The van der Waals surface area contributed by atoms with E-state index in [2.05, 4.69) is 0 Å². The molecule has 0 atom stereocenters. The van der Waals surface area contributed by atoms with Gasteiger partial charge in [0.05, 0.1) is 29.5 Å². The van der Waals surface area contributed by atoms with Crippen molar-refractivity contribution in [3.8, 4) is 0 Å². The Labute approximate surface area is 115 Å². The monoisotopic (exact) mass is 283 g/mol. The molecule has 5 heteroatoms. The van der Waals surface area contributed by atoms with E-state index in [1.807, 2.05) is 29.2 Å². The topological polar surface area (TPSA) is 29.5 Å². The average Bonchev–Trinajstić information content (AvgIpc) is 2.24. The van der Waals surface area contributed by atoms with Crippen LogP contribution in [0.25, 0.3) is 0 Å². The molecule has 1 aromatic carbocycles. The number of likely N-dealkylation sites (tertiary alicyclic amines) is 1. The fraction of sp³-hybridized carbons (Fsp3) is 0.462. The zero-order valence-corrected chi connectivity index (χ0v) is 11.5. The highest BCUT2D eigenvalue weighted by atomic mass is 35.5. The van der Waals surface area contributed by atoms with Crippen LogP contribution in [0.4, 0.5) is 0 Å². The molecular formula is C13H14ClNO2S. The number of thioether (sulfide) groups is 1. The second-order valence-corrected chi connectivity index (χ2v) is 6.16. The maximum absolute atomic E-state index is 12.1. The van der Waals surface area contributed by atoms with Crippen LogP contribution >= 0.6 is 23.4 Å². The molecule has 2 aliphatic rings. The van der Waals surface area contributed by atoms with Gasteiger partial charge in [-0.15, -0.1) is 11.8 Å². The fourth-order valence-electron chi connectivity index (χ4n) is 2.35. The summed E-state index contributed by atoms with van der Waals surface area (Å²) in [4.78, 5) is 15.0. The first-order valence-corrected chi connectivity index (χ1v) is 7.33. The highest BCUT2D eigenvalue weighted by Gasteiger charge is 2.52. The molecule has 0 bridgehead atoms. The smallest absolute Gasteiger partial charge is 0.233 e. The Morgan fingerprint density at radius 1 is 1.44 bits per heavy atom. The Hall–Kier alpha value is -0.710. The van der Waals surface area contributed by atoms with Gasteiger partial charge in [0.15, 0.2) is 0 Å². The van der Waals surface area contributed by atoms with Gasteiger partial charge < -0.3 is 9.64 Å². The maximum Gasteiger partial charge on any atom is 0.233 e. The van der Waals surface area contributed by atoms with E-state index in [0.717, 1.165) is 17.9 Å². The minimum absolute atomic E-state index is 0.0398. The lowest BCUT2D eigenvalue weighted by molar-refractivity contribution is -0.197. The first-order valence-electron chi connectivity index (χ1n) is 5.97. The second kappa shape index (κ2) is 4.76. The number of hydrogen-bond donors (Lipinski definition) is 0. The standard InChI is InChI=1S/C13H14ClNO2S/c14-10-3-1-2-4-11(10)18-7-12(16)15-6-5-13(15)8-17-9-13/h1-4H,5-9H2. The number of rotatable bonds is 3. The van der Waals surface area contributed by atoms with Crippen LogP contribution in [0.15, 0.2) is 29.2 Å². The summed E-state index contributed by atoms with van der Waals surface area (Å²) in [6.45, 7) is 2.27. The third-order valence-electron chi connectivity index (χ3n) is 3.60. The van der Waals surface area contributed by atoms with Crippen molar-refractivity contribution in [1.29, 1.82) is 0 Å². The number of carbonyl (C=O) groups excluding carboxylic acids is 1. The van der Waals surface area contributed by atoms with Gasteiger partial charge in [0.1, 0.15) is 0 Å². The van der Waals surface area contributed by atoms with E-state index < -0.39 is 0 Å². The van der Waals surface area contributed by atoms with E-state index in [0.29, 0.717) is 24.0 Å². The number of halogens is 1. The van der Waals surface area contributed by atoms with E-state index in [4.69, 9.17) is 16.3 Å². The minimum atomic E-state index is 0.0398. The van der Waals surface area contributed by atoms with Crippen LogP contribution in [0.2, 0.25) is 5.02 Å². The Morgan fingerprint density at radius 3 is 2.78 bits per heavy atom. The molecule has 0 aromatic heterocycles. The van der Waals surface area contributed by atoms with E-state index in [9.17, 15) is 4.79 Å². The van der Waals surface area contributed by atoms with Gasteiger partial charge in [-0.05, 0) is 18.6 Å². The third-order valence-corrected chi connectivity index (χ3v) is 5.10. The van der Waals surface area contributed by atoms with Gasteiger partial charge in [0, 0.05) is 11.4 Å². The molecule has 1 aromatic rings. The van der Waals surface area contributed by atoms with Crippen molar-refractivity contribution in [2.24, 2.45) is 0 Å². The lowest BCUT2D eigenvalue weighted by Gasteiger charge is -2.57. The van der Waals surface area contributed by atoms with Gasteiger partial charge >= 0.3 is 0 Å². The molecule has 18 heavy (non-hydrogen) atoms. The fourth-order valence-corrected chi connectivity index (χ4v) is 3.46. The molecule has 0 N–H and O–H groups in total. The van der Waals surface area contributed by atoms with Crippen molar-refractivity contribution in [3.63, 3.8) is 0 Å². The predicted octanol–water partition coefficient (Wildman–Crippen LogP) is 2.43. The van der Waals surface area contributed by atoms with Gasteiger partial charge in [-0.1, -0.05) is 23.7 Å². The molecule has 0 saturated carbocycles. The first kappa shape index (κ1) is 12.3. The Morgan fingerprint density at radius 2 is 2.22 bits per heavy atom. The largest absolute Gasteiger partial charge is 0.376 e. The molecule has 2 fully saturated rings. The Kier molecular flexibility index (Phi) is 3.26. The van der Waals surface area contributed by atoms with Crippen molar-refractivity contribution in [1.82, 2.24) is 4.90 Å². The van der Waals surface area contributed by atoms with Crippen LogP contribution < -0.4 is 0 Å². The summed E-state index contributed by atoms with van der Waals surface area (Å²) in [6.07, 6.45) is 1.08. The molecule has 0 unspecified atom stereocenters. The van der Waals surface area contributed by atoms with Crippen molar-refractivity contribution in [2.75, 3.05) is 25.5 Å². The zero-order chi connectivity index (χ0) is 12.6. The third kappa shape index (κ3) is 2.02. The summed E-state index contributed by atoms with van der Waals surface area (Å²) in [5, 5.41) is 0.709. The highest BCUT2D eigenvalue weighted by molar-refractivity contribution is 8.00. The number of benzene rings is 1. The average molecular weight is 284 g/mol. The van der Waals surface area contributed by atoms with E-state index >= 15 is 0 Å².